The highest BCUT2D eigenvalue weighted by atomic mass is 32.2. The Balaban J connectivity index is 1.72. The third-order valence-electron chi connectivity index (χ3n) is 7.58. The molecule has 0 radical (unpaired) electrons. The van der Waals surface area contributed by atoms with Crippen LogP contribution in [0.2, 0.25) is 0 Å². The van der Waals surface area contributed by atoms with Gasteiger partial charge in [-0.05, 0) is 68.7 Å². The van der Waals surface area contributed by atoms with Crippen LogP contribution in [0.1, 0.15) is 43.7 Å². The maximum atomic E-state index is 14.2. The van der Waals surface area contributed by atoms with Gasteiger partial charge in [0.25, 0.3) is 10.0 Å². The number of hydrogen-bond acceptors (Lipinski definition) is 6. The molecule has 0 aromatic heterocycles. The van der Waals surface area contributed by atoms with E-state index in [9.17, 15) is 18.0 Å². The van der Waals surface area contributed by atoms with Crippen molar-refractivity contribution in [3.8, 4) is 11.5 Å². The number of aryl methyl sites for hydroxylation is 1. The van der Waals surface area contributed by atoms with Gasteiger partial charge in [-0.3, -0.25) is 13.9 Å². The van der Waals surface area contributed by atoms with Gasteiger partial charge in [-0.15, -0.1) is 0 Å². The molecule has 0 heterocycles. The number of rotatable bonds is 12. The Bertz CT molecular complexity index is 1490. The molecule has 3 aromatic rings. The molecule has 1 fully saturated rings. The Morgan fingerprint density at radius 1 is 0.952 bits per heavy atom. The lowest BCUT2D eigenvalue weighted by molar-refractivity contribution is -0.139. The Hall–Kier alpha value is -4.05. The van der Waals surface area contributed by atoms with E-state index in [0.29, 0.717) is 11.5 Å². The molecule has 3 aromatic carbocycles. The highest BCUT2D eigenvalue weighted by molar-refractivity contribution is 7.92. The quantitative estimate of drug-likeness (QED) is 0.327. The third-order valence-corrected chi connectivity index (χ3v) is 9.36. The minimum Gasteiger partial charge on any atom is -0.497 e. The first kappa shape index (κ1) is 30.9. The molecule has 10 heteroatoms. The predicted molar refractivity (Wildman–Crippen MR) is 162 cm³/mol. The average Bonchev–Trinajstić information content (AvgIpc) is 3.51. The standard InChI is InChI=1S/C32H39N3O6S/c1-23-10-9-11-25(20-23)21-34(24(2)32(37)33-26-12-5-6-13-26)31(36)22-35(29-14-7-8-15-30(29)41-4)42(38,39)28-18-16-27(40-3)17-19-28/h7-11,14-20,24,26H,5-6,12-13,21-22H2,1-4H3,(H,33,37)/t24-/m0/s1. The van der Waals surface area contributed by atoms with E-state index in [4.69, 9.17) is 9.47 Å². The van der Waals surface area contributed by atoms with Gasteiger partial charge in [0.15, 0.2) is 0 Å². The maximum absolute atomic E-state index is 14.2. The summed E-state index contributed by atoms with van der Waals surface area (Å²) in [4.78, 5) is 29.0. The number of ether oxygens (including phenoxy) is 2. The molecule has 4 rings (SSSR count). The van der Waals surface area contributed by atoms with E-state index < -0.39 is 28.5 Å². The number of anilines is 1. The van der Waals surface area contributed by atoms with Crippen molar-refractivity contribution in [1.82, 2.24) is 10.2 Å². The molecule has 2 amide bonds. The first-order valence-electron chi connectivity index (χ1n) is 14.1. The number of hydrogen-bond donors (Lipinski definition) is 1. The summed E-state index contributed by atoms with van der Waals surface area (Å²) in [5, 5.41) is 3.08. The van der Waals surface area contributed by atoms with Crippen molar-refractivity contribution >= 4 is 27.5 Å². The number of amides is 2. The van der Waals surface area contributed by atoms with Crippen molar-refractivity contribution in [2.45, 2.75) is 63.1 Å². The molecule has 1 saturated carbocycles. The number of carbonyl (C=O) groups excluding carboxylic acids is 2. The van der Waals surface area contributed by atoms with Crippen LogP contribution in [0.4, 0.5) is 5.69 Å². The fourth-order valence-electron chi connectivity index (χ4n) is 5.21. The van der Waals surface area contributed by atoms with Gasteiger partial charge < -0.3 is 19.7 Å². The van der Waals surface area contributed by atoms with Crippen LogP contribution in [0, 0.1) is 6.92 Å². The molecule has 0 bridgehead atoms. The van der Waals surface area contributed by atoms with Gasteiger partial charge in [-0.1, -0.05) is 54.8 Å². The number of methoxy groups -OCH3 is 2. The predicted octanol–water partition coefficient (Wildman–Crippen LogP) is 4.68. The Morgan fingerprint density at radius 2 is 1.64 bits per heavy atom. The third kappa shape index (κ3) is 7.23. The van der Waals surface area contributed by atoms with Crippen LogP contribution in [-0.4, -0.2) is 58.0 Å². The van der Waals surface area contributed by atoms with Gasteiger partial charge in [0, 0.05) is 12.6 Å². The molecule has 0 saturated heterocycles. The van der Waals surface area contributed by atoms with E-state index in [2.05, 4.69) is 5.32 Å². The van der Waals surface area contributed by atoms with Crippen LogP contribution < -0.4 is 19.1 Å². The monoisotopic (exact) mass is 593 g/mol. The van der Waals surface area contributed by atoms with Crippen molar-refractivity contribution in [1.29, 1.82) is 0 Å². The molecule has 1 aliphatic carbocycles. The Morgan fingerprint density at radius 3 is 2.29 bits per heavy atom. The van der Waals surface area contributed by atoms with Gasteiger partial charge in [-0.2, -0.15) is 0 Å². The van der Waals surface area contributed by atoms with Crippen LogP contribution in [0.25, 0.3) is 0 Å². The summed E-state index contributed by atoms with van der Waals surface area (Å²) in [6.07, 6.45) is 3.93. The number of para-hydroxylation sites is 2. The zero-order valence-corrected chi connectivity index (χ0v) is 25.4. The minimum atomic E-state index is -4.23. The number of nitrogens with zero attached hydrogens (tertiary/aromatic N) is 2. The smallest absolute Gasteiger partial charge is 0.264 e. The number of sulfonamides is 1. The molecule has 1 aliphatic rings. The van der Waals surface area contributed by atoms with Gasteiger partial charge in [-0.25, -0.2) is 8.42 Å². The summed E-state index contributed by atoms with van der Waals surface area (Å²) < 4.78 is 39.9. The van der Waals surface area contributed by atoms with Gasteiger partial charge in [0.1, 0.15) is 24.1 Å². The normalized spacial score (nSPS) is 14.2. The summed E-state index contributed by atoms with van der Waals surface area (Å²) in [6.45, 7) is 3.24. The summed E-state index contributed by atoms with van der Waals surface area (Å²) >= 11 is 0. The molecule has 42 heavy (non-hydrogen) atoms. The molecule has 0 spiro atoms. The second kappa shape index (κ2) is 13.7. The van der Waals surface area contributed by atoms with Crippen molar-refractivity contribution in [3.63, 3.8) is 0 Å². The zero-order valence-electron chi connectivity index (χ0n) is 24.6. The fourth-order valence-corrected chi connectivity index (χ4v) is 6.63. The molecule has 0 aliphatic heterocycles. The van der Waals surface area contributed by atoms with Crippen LogP contribution in [0.3, 0.4) is 0 Å². The van der Waals surface area contributed by atoms with Crippen molar-refractivity contribution in [2.24, 2.45) is 0 Å². The lowest BCUT2D eigenvalue weighted by Gasteiger charge is -2.33. The van der Waals surface area contributed by atoms with Crippen molar-refractivity contribution in [2.75, 3.05) is 25.1 Å². The second-order valence-electron chi connectivity index (χ2n) is 10.5. The molecular formula is C32H39N3O6S. The molecule has 9 nitrogen and oxygen atoms in total. The number of nitrogens with one attached hydrogen (secondary N) is 1. The first-order valence-corrected chi connectivity index (χ1v) is 15.5. The number of benzene rings is 3. The van der Waals surface area contributed by atoms with E-state index >= 15 is 0 Å². The van der Waals surface area contributed by atoms with Crippen LogP contribution in [0.5, 0.6) is 11.5 Å². The summed E-state index contributed by atoms with van der Waals surface area (Å²) in [7, 11) is -1.30. The molecular weight excluding hydrogens is 554 g/mol. The Labute approximate surface area is 248 Å². The highest BCUT2D eigenvalue weighted by Crippen LogP contribution is 2.33. The minimum absolute atomic E-state index is 0.0146. The molecule has 224 valence electrons. The first-order chi connectivity index (χ1) is 20.1. The van der Waals surface area contributed by atoms with E-state index in [1.807, 2.05) is 31.2 Å². The maximum Gasteiger partial charge on any atom is 0.264 e. The topological polar surface area (TPSA) is 105 Å². The highest BCUT2D eigenvalue weighted by Gasteiger charge is 2.34. The second-order valence-corrected chi connectivity index (χ2v) is 12.4. The SMILES string of the molecule is COc1ccc(S(=O)(=O)N(CC(=O)N(Cc2cccc(C)c2)[C@@H](C)C(=O)NC2CCCC2)c2ccccc2OC)cc1. The lowest BCUT2D eigenvalue weighted by atomic mass is 10.1. The van der Waals surface area contributed by atoms with Crippen LogP contribution in [0.15, 0.2) is 77.7 Å². The van der Waals surface area contributed by atoms with E-state index in [1.54, 1.807) is 43.3 Å². The van der Waals surface area contributed by atoms with Crippen molar-refractivity contribution < 1.29 is 27.5 Å². The van der Waals surface area contributed by atoms with Gasteiger partial charge in [0.2, 0.25) is 11.8 Å². The summed E-state index contributed by atoms with van der Waals surface area (Å²) in [5.41, 5.74) is 2.06. The van der Waals surface area contributed by atoms with Gasteiger partial charge >= 0.3 is 0 Å². The van der Waals surface area contributed by atoms with Crippen molar-refractivity contribution in [3.05, 3.63) is 83.9 Å². The lowest BCUT2D eigenvalue weighted by Crippen LogP contribution is -2.52. The summed E-state index contributed by atoms with van der Waals surface area (Å²) in [5.74, 6) is 0.0123. The summed E-state index contributed by atoms with van der Waals surface area (Å²) in [6, 6.07) is 19.5. The molecule has 1 atom stereocenters. The molecule has 0 unspecified atom stereocenters. The molecule has 1 N–H and O–H groups in total. The van der Waals surface area contributed by atoms with Crippen LogP contribution >= 0.6 is 0 Å². The van der Waals surface area contributed by atoms with Crippen LogP contribution in [-0.2, 0) is 26.2 Å². The zero-order chi connectivity index (χ0) is 30.3. The Kier molecular flexibility index (Phi) is 10.1. The van der Waals surface area contributed by atoms with E-state index in [-0.39, 0.29) is 29.1 Å². The largest absolute Gasteiger partial charge is 0.497 e. The van der Waals surface area contributed by atoms with Gasteiger partial charge in [0.05, 0.1) is 24.8 Å². The average molecular weight is 594 g/mol. The number of carbonyl (C=O) groups is 2. The van der Waals surface area contributed by atoms with E-state index in [1.165, 1.54) is 31.3 Å². The van der Waals surface area contributed by atoms with E-state index in [0.717, 1.165) is 41.1 Å². The fraction of sp³-hybridized carbons (Fsp3) is 0.375.